The van der Waals surface area contributed by atoms with Crippen LogP contribution in [-0.2, 0) is 9.53 Å². The number of methoxy groups -OCH3 is 1. The van der Waals surface area contributed by atoms with Crippen molar-refractivity contribution in [2.45, 2.75) is 57.3 Å². The fourth-order valence-electron chi connectivity index (χ4n) is 5.14. The van der Waals surface area contributed by atoms with Gasteiger partial charge in [0.05, 0.1) is 42.3 Å². The summed E-state index contributed by atoms with van der Waals surface area (Å²) < 4.78 is 27.5. The second-order valence-electron chi connectivity index (χ2n) is 11.1. The minimum absolute atomic E-state index is 0.126. The SMILES string of the molecule is COc1cc(F)cc([C@@H](CO)NC(=O)C(C)n2cnn3cc(-c4nc(NC5CCOC(C)(C)C5)ncc4Cl)cc3c2=O)c1. The molecule has 2 unspecified atom stereocenters. The molecule has 0 radical (unpaired) electrons. The van der Waals surface area contributed by atoms with Gasteiger partial charge in [0.25, 0.3) is 5.56 Å². The Kier molecular flexibility index (Phi) is 8.67. The predicted molar refractivity (Wildman–Crippen MR) is 158 cm³/mol. The van der Waals surface area contributed by atoms with Crippen LogP contribution in [0.1, 0.15) is 51.3 Å². The normalized spacial score (nSPS) is 17.8. The molecule has 3 aromatic heterocycles. The van der Waals surface area contributed by atoms with Crippen molar-refractivity contribution in [2.24, 2.45) is 0 Å². The van der Waals surface area contributed by atoms with E-state index >= 15 is 0 Å². The number of carbonyl (C=O) groups excluding carboxylic acids is 1. The Labute approximate surface area is 251 Å². The van der Waals surface area contributed by atoms with E-state index in [2.05, 4.69) is 25.7 Å². The number of nitrogens with one attached hydrogen (secondary N) is 2. The molecular weight excluding hydrogens is 581 g/mol. The van der Waals surface area contributed by atoms with Crippen LogP contribution in [0.3, 0.4) is 0 Å². The highest BCUT2D eigenvalue weighted by Gasteiger charge is 2.29. The monoisotopic (exact) mass is 613 g/mol. The lowest BCUT2D eigenvalue weighted by Crippen LogP contribution is -2.40. The molecule has 0 aliphatic carbocycles. The zero-order valence-corrected chi connectivity index (χ0v) is 24.9. The molecule has 12 nitrogen and oxygen atoms in total. The molecule has 43 heavy (non-hydrogen) atoms. The average molecular weight is 614 g/mol. The minimum Gasteiger partial charge on any atom is -0.497 e. The zero-order valence-electron chi connectivity index (χ0n) is 24.2. The van der Waals surface area contributed by atoms with Crippen molar-refractivity contribution in [3.8, 4) is 17.0 Å². The Morgan fingerprint density at radius 1 is 1.33 bits per heavy atom. The number of hydrogen-bond acceptors (Lipinski definition) is 9. The summed E-state index contributed by atoms with van der Waals surface area (Å²) in [6.45, 7) is 5.74. The molecule has 0 bridgehead atoms. The quantitative estimate of drug-likeness (QED) is 0.258. The third-order valence-electron chi connectivity index (χ3n) is 7.43. The van der Waals surface area contributed by atoms with Crippen LogP contribution >= 0.6 is 11.6 Å². The van der Waals surface area contributed by atoms with Gasteiger partial charge < -0.3 is 25.2 Å². The Morgan fingerprint density at radius 3 is 2.84 bits per heavy atom. The number of ether oxygens (including phenoxy) is 2. The molecule has 0 spiro atoms. The molecule has 1 saturated heterocycles. The number of halogens is 2. The minimum atomic E-state index is -1.00. The first-order valence-electron chi connectivity index (χ1n) is 13.8. The largest absolute Gasteiger partial charge is 0.497 e. The van der Waals surface area contributed by atoms with Crippen LogP contribution in [0.4, 0.5) is 10.3 Å². The smallest absolute Gasteiger partial charge is 0.278 e. The Hall–Kier alpha value is -4.07. The summed E-state index contributed by atoms with van der Waals surface area (Å²) in [5, 5.41) is 20.5. The first kappa shape index (κ1) is 30.4. The molecule has 1 amide bonds. The number of aliphatic hydroxyl groups is 1. The van der Waals surface area contributed by atoms with Gasteiger partial charge in [0.15, 0.2) is 0 Å². The van der Waals surface area contributed by atoms with Crippen molar-refractivity contribution in [1.29, 1.82) is 0 Å². The van der Waals surface area contributed by atoms with Gasteiger partial charge in [-0.2, -0.15) is 5.10 Å². The summed E-state index contributed by atoms with van der Waals surface area (Å²) in [7, 11) is 1.39. The first-order chi connectivity index (χ1) is 20.5. The van der Waals surface area contributed by atoms with E-state index in [1.165, 1.54) is 53.8 Å². The topological polar surface area (TPSA) is 145 Å². The number of benzene rings is 1. The highest BCUT2D eigenvalue weighted by atomic mass is 35.5. The number of nitrogens with zero attached hydrogens (tertiary/aromatic N) is 5. The van der Waals surface area contributed by atoms with Crippen LogP contribution in [0.15, 0.2) is 47.8 Å². The molecule has 228 valence electrons. The van der Waals surface area contributed by atoms with Gasteiger partial charge in [0.1, 0.15) is 29.5 Å². The number of anilines is 1. The maximum atomic E-state index is 14.0. The second-order valence-corrected chi connectivity index (χ2v) is 11.5. The molecule has 1 aliphatic rings. The summed E-state index contributed by atoms with van der Waals surface area (Å²) in [5.74, 6) is -0.510. The van der Waals surface area contributed by atoms with E-state index in [1.54, 1.807) is 12.3 Å². The Balaban J connectivity index is 1.38. The van der Waals surface area contributed by atoms with Crippen molar-refractivity contribution in [3.63, 3.8) is 0 Å². The molecule has 1 aromatic carbocycles. The van der Waals surface area contributed by atoms with Crippen molar-refractivity contribution >= 4 is 29.0 Å². The fraction of sp³-hybridized carbons (Fsp3) is 0.414. The van der Waals surface area contributed by atoms with Gasteiger partial charge in [-0.15, -0.1) is 0 Å². The number of rotatable bonds is 9. The maximum Gasteiger partial charge on any atom is 0.278 e. The molecule has 1 fully saturated rings. The number of fused-ring (bicyclic) bond motifs is 1. The molecule has 3 atom stereocenters. The third-order valence-corrected chi connectivity index (χ3v) is 7.71. The fourth-order valence-corrected chi connectivity index (χ4v) is 5.34. The number of carbonyl (C=O) groups is 1. The van der Waals surface area contributed by atoms with Crippen LogP contribution in [-0.4, -0.2) is 67.1 Å². The Morgan fingerprint density at radius 2 is 2.12 bits per heavy atom. The molecule has 1 aliphatic heterocycles. The van der Waals surface area contributed by atoms with E-state index < -0.39 is 36.0 Å². The number of aromatic nitrogens is 5. The molecular formula is C29H33ClFN7O5. The van der Waals surface area contributed by atoms with E-state index in [4.69, 9.17) is 21.1 Å². The van der Waals surface area contributed by atoms with Crippen LogP contribution in [0, 0.1) is 5.82 Å². The zero-order chi connectivity index (χ0) is 30.9. The van der Waals surface area contributed by atoms with Gasteiger partial charge in [0.2, 0.25) is 11.9 Å². The van der Waals surface area contributed by atoms with E-state index in [-0.39, 0.29) is 22.9 Å². The lowest BCUT2D eigenvalue weighted by Gasteiger charge is -2.35. The van der Waals surface area contributed by atoms with Gasteiger partial charge in [-0.25, -0.2) is 18.9 Å². The van der Waals surface area contributed by atoms with Gasteiger partial charge in [-0.3, -0.25) is 14.2 Å². The molecule has 5 rings (SSSR count). The molecule has 0 saturated carbocycles. The van der Waals surface area contributed by atoms with Crippen molar-refractivity contribution < 1.29 is 23.8 Å². The van der Waals surface area contributed by atoms with Crippen LogP contribution in [0.5, 0.6) is 5.75 Å². The summed E-state index contributed by atoms with van der Waals surface area (Å²) >= 11 is 6.46. The summed E-state index contributed by atoms with van der Waals surface area (Å²) in [6, 6.07) is 3.69. The van der Waals surface area contributed by atoms with E-state index in [0.717, 1.165) is 12.8 Å². The highest BCUT2D eigenvalue weighted by Crippen LogP contribution is 2.30. The summed E-state index contributed by atoms with van der Waals surface area (Å²) in [4.78, 5) is 35.5. The summed E-state index contributed by atoms with van der Waals surface area (Å²) in [5.41, 5.74) is 0.738. The number of hydrogen-bond donors (Lipinski definition) is 3. The maximum absolute atomic E-state index is 14.0. The van der Waals surface area contributed by atoms with Gasteiger partial charge in [0, 0.05) is 30.5 Å². The van der Waals surface area contributed by atoms with Crippen LogP contribution in [0.2, 0.25) is 5.02 Å². The van der Waals surface area contributed by atoms with E-state index in [1.807, 2.05) is 13.8 Å². The van der Waals surface area contributed by atoms with Crippen LogP contribution < -0.4 is 20.9 Å². The van der Waals surface area contributed by atoms with Crippen molar-refractivity contribution in [2.75, 3.05) is 25.6 Å². The number of amides is 1. The third kappa shape index (κ3) is 6.63. The second kappa shape index (κ2) is 12.3. The summed E-state index contributed by atoms with van der Waals surface area (Å²) in [6.07, 6.45) is 5.98. The first-order valence-corrected chi connectivity index (χ1v) is 14.1. The molecule has 4 aromatic rings. The predicted octanol–water partition coefficient (Wildman–Crippen LogP) is 3.53. The van der Waals surface area contributed by atoms with E-state index in [9.17, 15) is 19.1 Å². The average Bonchev–Trinajstić information content (AvgIpc) is 3.41. The van der Waals surface area contributed by atoms with Gasteiger partial charge >= 0.3 is 0 Å². The standard InChI is InChI=1S/C29H33ClFN7O5/c1-16(26(40)35-23(14-39)17-7-19(31)10-21(8-17)42-4)37-15-33-38-13-18(9-24(38)27(37)41)25-22(30)12-32-28(36-25)34-20-5-6-43-29(2,3)11-20/h7-10,12-13,15-16,20,23,39H,5-6,11,14H2,1-4H3,(H,35,40)(H,32,34,36)/t16?,20?,23-/m1/s1. The molecule has 3 N–H and O–H groups in total. The van der Waals surface area contributed by atoms with Gasteiger partial charge in [-0.05, 0) is 57.4 Å². The highest BCUT2D eigenvalue weighted by molar-refractivity contribution is 6.32. The van der Waals surface area contributed by atoms with Gasteiger partial charge in [-0.1, -0.05) is 11.6 Å². The Bertz CT molecular complexity index is 1710. The van der Waals surface area contributed by atoms with Crippen molar-refractivity contribution in [1.82, 2.24) is 29.5 Å². The lowest BCUT2D eigenvalue weighted by atomic mass is 9.94. The molecule has 4 heterocycles. The van der Waals surface area contributed by atoms with Crippen LogP contribution in [0.25, 0.3) is 16.8 Å². The lowest BCUT2D eigenvalue weighted by molar-refractivity contribution is -0.125. The number of aliphatic hydroxyl groups excluding tert-OH is 1. The molecule has 14 heteroatoms. The van der Waals surface area contributed by atoms with Crippen molar-refractivity contribution in [3.05, 3.63) is 69.7 Å². The van der Waals surface area contributed by atoms with E-state index in [0.29, 0.717) is 34.4 Å².